The van der Waals surface area contributed by atoms with E-state index in [1.165, 1.54) is 4.31 Å². The first-order valence-corrected chi connectivity index (χ1v) is 10.2. The van der Waals surface area contributed by atoms with E-state index in [0.717, 1.165) is 17.2 Å². The number of hydrogen-bond donors (Lipinski definition) is 0. The van der Waals surface area contributed by atoms with E-state index in [-0.39, 0.29) is 11.8 Å². The monoisotopic (exact) mass is 358 g/mol. The standard InChI is InChI=1S/C19H22N2O3S/c1-14-12-18(14)19(22)20-8-10-21(11-9-20)25(23,24)17-7-6-15-4-2-3-5-16(15)13-17/h2-7,13-14,18H,8-12H2,1H3/t14-,18-/m1/s1. The second-order valence-corrected chi connectivity index (χ2v) is 9.00. The number of carbonyl (C=O) groups excluding carboxylic acids is 1. The zero-order valence-corrected chi connectivity index (χ0v) is 15.1. The molecule has 0 spiro atoms. The first kappa shape index (κ1) is 16.5. The fraction of sp³-hybridized carbons (Fsp3) is 0.421. The van der Waals surface area contributed by atoms with Crippen LogP contribution in [0.5, 0.6) is 0 Å². The van der Waals surface area contributed by atoms with Crippen molar-refractivity contribution in [3.63, 3.8) is 0 Å². The van der Waals surface area contributed by atoms with Crippen LogP contribution in [0.25, 0.3) is 10.8 Å². The van der Waals surface area contributed by atoms with Gasteiger partial charge >= 0.3 is 0 Å². The van der Waals surface area contributed by atoms with Gasteiger partial charge in [0, 0.05) is 32.1 Å². The molecule has 4 rings (SSSR count). The Morgan fingerprint density at radius 1 is 1.00 bits per heavy atom. The van der Waals surface area contributed by atoms with Crippen molar-refractivity contribution in [3.05, 3.63) is 42.5 Å². The average Bonchev–Trinajstić information content (AvgIpc) is 3.37. The first-order valence-electron chi connectivity index (χ1n) is 8.74. The maximum absolute atomic E-state index is 12.9. The number of nitrogens with zero attached hydrogens (tertiary/aromatic N) is 2. The summed E-state index contributed by atoms with van der Waals surface area (Å²) in [4.78, 5) is 14.4. The summed E-state index contributed by atoms with van der Waals surface area (Å²) in [6, 6.07) is 13.0. The summed E-state index contributed by atoms with van der Waals surface area (Å²) < 4.78 is 27.4. The van der Waals surface area contributed by atoms with Gasteiger partial charge in [-0.25, -0.2) is 8.42 Å². The molecule has 1 heterocycles. The van der Waals surface area contributed by atoms with Gasteiger partial charge in [0.2, 0.25) is 15.9 Å². The Labute approximate surface area is 148 Å². The second kappa shape index (κ2) is 6.11. The van der Waals surface area contributed by atoms with Gasteiger partial charge in [0.15, 0.2) is 0 Å². The number of sulfonamides is 1. The van der Waals surface area contributed by atoms with Crippen molar-refractivity contribution in [2.24, 2.45) is 11.8 Å². The Bertz CT molecular complexity index is 917. The summed E-state index contributed by atoms with van der Waals surface area (Å²) >= 11 is 0. The van der Waals surface area contributed by atoms with Crippen LogP contribution in [0.15, 0.2) is 47.4 Å². The molecule has 0 radical (unpaired) electrons. The number of fused-ring (bicyclic) bond motifs is 1. The van der Waals surface area contributed by atoms with Crippen LogP contribution in [-0.4, -0.2) is 49.7 Å². The lowest BCUT2D eigenvalue weighted by Crippen LogP contribution is -2.51. The summed E-state index contributed by atoms with van der Waals surface area (Å²) in [6.07, 6.45) is 0.967. The van der Waals surface area contributed by atoms with E-state index in [9.17, 15) is 13.2 Å². The molecule has 1 saturated carbocycles. The molecule has 2 atom stereocenters. The fourth-order valence-electron chi connectivity index (χ4n) is 3.53. The number of hydrogen-bond acceptors (Lipinski definition) is 3. The van der Waals surface area contributed by atoms with Gasteiger partial charge in [-0.15, -0.1) is 0 Å². The minimum Gasteiger partial charge on any atom is -0.340 e. The third kappa shape index (κ3) is 3.04. The minimum absolute atomic E-state index is 0.156. The highest BCUT2D eigenvalue weighted by Gasteiger charge is 2.42. The molecule has 5 nitrogen and oxygen atoms in total. The maximum Gasteiger partial charge on any atom is 0.243 e. The van der Waals surface area contributed by atoms with Crippen LogP contribution in [0.2, 0.25) is 0 Å². The highest BCUT2D eigenvalue weighted by Crippen LogP contribution is 2.39. The summed E-state index contributed by atoms with van der Waals surface area (Å²) in [5, 5.41) is 1.94. The van der Waals surface area contributed by atoms with Gasteiger partial charge in [0.25, 0.3) is 0 Å². The van der Waals surface area contributed by atoms with Crippen molar-refractivity contribution in [2.75, 3.05) is 26.2 Å². The second-order valence-electron chi connectivity index (χ2n) is 7.06. The van der Waals surface area contributed by atoms with Gasteiger partial charge < -0.3 is 4.90 Å². The van der Waals surface area contributed by atoms with Crippen molar-refractivity contribution in [3.8, 4) is 0 Å². The van der Waals surface area contributed by atoms with Crippen LogP contribution in [-0.2, 0) is 14.8 Å². The molecular formula is C19H22N2O3S. The summed E-state index contributed by atoms with van der Waals surface area (Å²) in [5.74, 6) is 0.825. The topological polar surface area (TPSA) is 57.7 Å². The number of carbonyl (C=O) groups is 1. The molecule has 132 valence electrons. The van der Waals surface area contributed by atoms with Crippen LogP contribution in [0.1, 0.15) is 13.3 Å². The zero-order chi connectivity index (χ0) is 17.6. The van der Waals surface area contributed by atoms with Crippen LogP contribution in [0, 0.1) is 11.8 Å². The smallest absolute Gasteiger partial charge is 0.243 e. The van der Waals surface area contributed by atoms with E-state index in [4.69, 9.17) is 0 Å². The van der Waals surface area contributed by atoms with Crippen molar-refractivity contribution >= 4 is 26.7 Å². The fourth-order valence-corrected chi connectivity index (χ4v) is 4.98. The van der Waals surface area contributed by atoms with Crippen LogP contribution >= 0.6 is 0 Å². The van der Waals surface area contributed by atoms with Gasteiger partial charge in [0.05, 0.1) is 4.90 Å². The van der Waals surface area contributed by atoms with E-state index in [2.05, 4.69) is 6.92 Å². The van der Waals surface area contributed by atoms with E-state index >= 15 is 0 Å². The lowest BCUT2D eigenvalue weighted by atomic mass is 10.1. The van der Waals surface area contributed by atoms with Gasteiger partial charge in [-0.05, 0) is 35.2 Å². The molecular weight excluding hydrogens is 336 g/mol. The van der Waals surface area contributed by atoms with Crippen LogP contribution in [0.4, 0.5) is 0 Å². The molecule has 2 aliphatic rings. The molecule has 25 heavy (non-hydrogen) atoms. The molecule has 0 unspecified atom stereocenters. The number of amides is 1. The maximum atomic E-state index is 12.9. The number of benzene rings is 2. The van der Waals surface area contributed by atoms with Crippen molar-refractivity contribution < 1.29 is 13.2 Å². The summed E-state index contributed by atoms with van der Waals surface area (Å²) in [5.41, 5.74) is 0. The molecule has 2 aromatic carbocycles. The zero-order valence-electron chi connectivity index (χ0n) is 14.3. The van der Waals surface area contributed by atoms with Gasteiger partial charge in [-0.2, -0.15) is 4.31 Å². The summed E-state index contributed by atoms with van der Waals surface area (Å²) in [7, 11) is -3.52. The normalized spacial score (nSPS) is 24.4. The molecule has 2 fully saturated rings. The van der Waals surface area contributed by atoms with Crippen molar-refractivity contribution in [2.45, 2.75) is 18.2 Å². The van der Waals surface area contributed by atoms with E-state index in [1.54, 1.807) is 12.1 Å². The Kier molecular flexibility index (Phi) is 4.04. The molecule has 0 N–H and O–H groups in total. The SMILES string of the molecule is C[C@@H]1C[C@H]1C(=O)N1CCN(S(=O)(=O)c2ccc3ccccc3c2)CC1. The molecule has 1 aliphatic heterocycles. The predicted octanol–water partition coefficient (Wildman–Crippen LogP) is 2.33. The average molecular weight is 358 g/mol. The van der Waals surface area contributed by atoms with E-state index in [1.807, 2.05) is 35.2 Å². The third-order valence-corrected chi connectivity index (χ3v) is 7.23. The highest BCUT2D eigenvalue weighted by atomic mass is 32.2. The Morgan fingerprint density at radius 2 is 1.64 bits per heavy atom. The number of rotatable bonds is 3. The Hall–Kier alpha value is -1.92. The highest BCUT2D eigenvalue weighted by molar-refractivity contribution is 7.89. The third-order valence-electron chi connectivity index (χ3n) is 5.34. The predicted molar refractivity (Wildman–Crippen MR) is 96.6 cm³/mol. The quantitative estimate of drug-likeness (QED) is 0.846. The molecule has 6 heteroatoms. The van der Waals surface area contributed by atoms with Crippen molar-refractivity contribution in [1.29, 1.82) is 0 Å². The van der Waals surface area contributed by atoms with Crippen LogP contribution in [0.3, 0.4) is 0 Å². The molecule has 1 saturated heterocycles. The van der Waals surface area contributed by atoms with Gasteiger partial charge in [-0.1, -0.05) is 37.3 Å². The first-order chi connectivity index (χ1) is 12.0. The molecule has 0 aromatic heterocycles. The molecule has 0 bridgehead atoms. The van der Waals surface area contributed by atoms with Gasteiger partial charge in [0.1, 0.15) is 0 Å². The minimum atomic E-state index is -3.52. The summed E-state index contributed by atoms with van der Waals surface area (Å²) in [6.45, 7) is 3.77. The Balaban J connectivity index is 1.50. The lowest BCUT2D eigenvalue weighted by Gasteiger charge is -2.34. The lowest BCUT2D eigenvalue weighted by molar-refractivity contribution is -0.134. The Morgan fingerprint density at radius 3 is 2.28 bits per heavy atom. The molecule has 1 amide bonds. The number of piperazine rings is 1. The molecule has 1 aliphatic carbocycles. The van der Waals surface area contributed by atoms with Crippen molar-refractivity contribution in [1.82, 2.24) is 9.21 Å². The van der Waals surface area contributed by atoms with Gasteiger partial charge in [-0.3, -0.25) is 4.79 Å². The van der Waals surface area contributed by atoms with E-state index in [0.29, 0.717) is 37.0 Å². The van der Waals surface area contributed by atoms with E-state index < -0.39 is 10.0 Å². The van der Waals surface area contributed by atoms with Crippen LogP contribution < -0.4 is 0 Å². The molecule has 2 aromatic rings. The largest absolute Gasteiger partial charge is 0.340 e.